The molecule has 1 heterocycles. The van der Waals surface area contributed by atoms with Crippen LogP contribution in [0.5, 0.6) is 5.75 Å². The third-order valence-corrected chi connectivity index (χ3v) is 3.06. The van der Waals surface area contributed by atoms with E-state index in [0.29, 0.717) is 0 Å². The van der Waals surface area contributed by atoms with Gasteiger partial charge in [-0.15, -0.1) is 0 Å². The number of ether oxygens (including phenoxy) is 1. The van der Waals surface area contributed by atoms with E-state index in [9.17, 15) is 0 Å². The average Bonchev–Trinajstić information content (AvgIpc) is 2.88. The van der Waals surface area contributed by atoms with Gasteiger partial charge in [-0.25, -0.2) is 0 Å². The maximum atomic E-state index is 5.90. The summed E-state index contributed by atoms with van der Waals surface area (Å²) in [6, 6.07) is 4.38. The quantitative estimate of drug-likeness (QED) is 0.867. The predicted molar refractivity (Wildman–Crippen MR) is 75.5 cm³/mol. The largest absolute Gasteiger partial charge is 0.493 e. The van der Waals surface area contributed by atoms with Gasteiger partial charge in [-0.3, -0.25) is 0 Å². The number of aromatic nitrogens is 3. The molecule has 0 amide bonds. The minimum Gasteiger partial charge on any atom is -0.493 e. The molecule has 0 aliphatic carbocycles. The molecule has 0 spiro atoms. The predicted octanol–water partition coefficient (Wildman–Crippen LogP) is 3.00. The van der Waals surface area contributed by atoms with E-state index in [-0.39, 0.29) is 0 Å². The summed E-state index contributed by atoms with van der Waals surface area (Å²) in [5, 5.41) is 10.6. The average molecular weight is 259 g/mol. The smallest absolute Gasteiger partial charge is 0.125 e. The van der Waals surface area contributed by atoms with Crippen molar-refractivity contribution in [1.82, 2.24) is 15.4 Å². The second-order valence-electron chi connectivity index (χ2n) is 4.88. The maximum Gasteiger partial charge on any atom is 0.125 e. The van der Waals surface area contributed by atoms with Crippen LogP contribution in [0.2, 0.25) is 0 Å². The molecule has 4 nitrogen and oxygen atoms in total. The summed E-state index contributed by atoms with van der Waals surface area (Å²) in [6.07, 6.45) is 4.60. The number of hydrogen-bond acceptors (Lipinski definition) is 3. The normalized spacial score (nSPS) is 10.7. The molecule has 2 aromatic rings. The SMILES string of the molecule is CCCOc1c(C)cc(C)cc1CCc1cn[nH]n1. The molecule has 19 heavy (non-hydrogen) atoms. The van der Waals surface area contributed by atoms with E-state index in [1.54, 1.807) is 6.20 Å². The highest BCUT2D eigenvalue weighted by atomic mass is 16.5. The van der Waals surface area contributed by atoms with Crippen molar-refractivity contribution < 1.29 is 4.74 Å². The summed E-state index contributed by atoms with van der Waals surface area (Å²) in [6.45, 7) is 7.12. The Labute approximate surface area is 114 Å². The van der Waals surface area contributed by atoms with Crippen molar-refractivity contribution >= 4 is 0 Å². The molecule has 102 valence electrons. The third kappa shape index (κ3) is 3.56. The van der Waals surface area contributed by atoms with Gasteiger partial charge in [0.05, 0.1) is 18.5 Å². The van der Waals surface area contributed by atoms with Crippen molar-refractivity contribution in [3.8, 4) is 5.75 Å². The second kappa shape index (κ2) is 6.36. The number of nitrogens with one attached hydrogen (secondary N) is 1. The van der Waals surface area contributed by atoms with E-state index < -0.39 is 0 Å². The minimum atomic E-state index is 0.765. The van der Waals surface area contributed by atoms with Crippen LogP contribution in [-0.4, -0.2) is 22.0 Å². The molecule has 0 aliphatic heterocycles. The van der Waals surface area contributed by atoms with Crippen molar-refractivity contribution in [1.29, 1.82) is 0 Å². The fourth-order valence-corrected chi connectivity index (χ4v) is 2.25. The number of nitrogens with zero attached hydrogens (tertiary/aromatic N) is 2. The van der Waals surface area contributed by atoms with Crippen LogP contribution >= 0.6 is 0 Å². The molecule has 0 aliphatic rings. The van der Waals surface area contributed by atoms with Gasteiger partial charge in [0.25, 0.3) is 0 Å². The number of rotatable bonds is 6. The number of benzene rings is 1. The van der Waals surface area contributed by atoms with E-state index in [2.05, 4.69) is 48.3 Å². The lowest BCUT2D eigenvalue weighted by Crippen LogP contribution is -2.03. The Morgan fingerprint density at radius 3 is 2.74 bits per heavy atom. The number of aryl methyl sites for hydroxylation is 4. The van der Waals surface area contributed by atoms with E-state index in [1.807, 2.05) is 0 Å². The molecule has 1 aromatic heterocycles. The Bertz CT molecular complexity index is 520. The molecule has 0 saturated heterocycles. The molecule has 0 bridgehead atoms. The van der Waals surface area contributed by atoms with E-state index in [1.165, 1.54) is 16.7 Å². The summed E-state index contributed by atoms with van der Waals surface area (Å²) in [5.74, 6) is 1.04. The highest BCUT2D eigenvalue weighted by Gasteiger charge is 2.09. The molecule has 0 fully saturated rings. The van der Waals surface area contributed by atoms with Gasteiger partial charge in [-0.05, 0) is 44.2 Å². The van der Waals surface area contributed by atoms with Crippen molar-refractivity contribution in [2.75, 3.05) is 6.61 Å². The van der Waals surface area contributed by atoms with Gasteiger partial charge in [0.2, 0.25) is 0 Å². The van der Waals surface area contributed by atoms with Gasteiger partial charge in [0.1, 0.15) is 5.75 Å². The van der Waals surface area contributed by atoms with Crippen LogP contribution in [0.25, 0.3) is 0 Å². The first-order valence-corrected chi connectivity index (χ1v) is 6.78. The van der Waals surface area contributed by atoms with Gasteiger partial charge in [-0.1, -0.05) is 24.6 Å². The number of hydrogen-bond donors (Lipinski definition) is 1. The zero-order valence-electron chi connectivity index (χ0n) is 11.9. The molecule has 1 aromatic carbocycles. The van der Waals surface area contributed by atoms with Crippen LogP contribution in [0.1, 0.15) is 35.7 Å². The highest BCUT2D eigenvalue weighted by Crippen LogP contribution is 2.26. The fraction of sp³-hybridized carbons (Fsp3) is 0.467. The van der Waals surface area contributed by atoms with Gasteiger partial charge in [0, 0.05) is 0 Å². The molecular formula is C15H21N3O. The summed E-state index contributed by atoms with van der Waals surface area (Å²) in [4.78, 5) is 0. The molecule has 0 saturated carbocycles. The Balaban J connectivity index is 2.16. The standard InChI is InChI=1S/C15H21N3O/c1-4-7-19-15-12(3)8-11(2)9-13(15)5-6-14-10-16-18-17-14/h8-10H,4-7H2,1-3H3,(H,16,17,18). The van der Waals surface area contributed by atoms with E-state index in [0.717, 1.165) is 37.3 Å². The molecule has 0 radical (unpaired) electrons. The van der Waals surface area contributed by atoms with Crippen molar-refractivity contribution in [2.24, 2.45) is 0 Å². The first-order chi connectivity index (χ1) is 9.20. The first kappa shape index (κ1) is 13.6. The Kier molecular flexibility index (Phi) is 4.55. The van der Waals surface area contributed by atoms with Gasteiger partial charge >= 0.3 is 0 Å². The Morgan fingerprint density at radius 1 is 1.21 bits per heavy atom. The Hall–Kier alpha value is -1.84. The van der Waals surface area contributed by atoms with Crippen LogP contribution in [0.3, 0.4) is 0 Å². The lowest BCUT2D eigenvalue weighted by molar-refractivity contribution is 0.312. The van der Waals surface area contributed by atoms with Gasteiger partial charge < -0.3 is 4.74 Å². The molecule has 4 heteroatoms. The van der Waals surface area contributed by atoms with Crippen molar-refractivity contribution in [3.63, 3.8) is 0 Å². The second-order valence-corrected chi connectivity index (χ2v) is 4.88. The van der Waals surface area contributed by atoms with Crippen LogP contribution in [-0.2, 0) is 12.8 Å². The van der Waals surface area contributed by atoms with Crippen LogP contribution in [0.15, 0.2) is 18.3 Å². The zero-order chi connectivity index (χ0) is 13.7. The van der Waals surface area contributed by atoms with Crippen LogP contribution in [0.4, 0.5) is 0 Å². The van der Waals surface area contributed by atoms with Crippen molar-refractivity contribution in [2.45, 2.75) is 40.0 Å². The summed E-state index contributed by atoms with van der Waals surface area (Å²) < 4.78 is 5.90. The van der Waals surface area contributed by atoms with E-state index >= 15 is 0 Å². The zero-order valence-corrected chi connectivity index (χ0v) is 11.9. The Morgan fingerprint density at radius 2 is 2.05 bits per heavy atom. The monoisotopic (exact) mass is 259 g/mol. The topological polar surface area (TPSA) is 50.8 Å². The van der Waals surface area contributed by atoms with Crippen LogP contribution in [0, 0.1) is 13.8 Å². The summed E-state index contributed by atoms with van der Waals surface area (Å²) >= 11 is 0. The minimum absolute atomic E-state index is 0.765. The lowest BCUT2D eigenvalue weighted by atomic mass is 10.0. The van der Waals surface area contributed by atoms with Crippen LogP contribution < -0.4 is 4.74 Å². The van der Waals surface area contributed by atoms with E-state index in [4.69, 9.17) is 4.74 Å². The van der Waals surface area contributed by atoms with Gasteiger partial charge in [0.15, 0.2) is 0 Å². The molecule has 1 N–H and O–H groups in total. The molecule has 0 unspecified atom stereocenters. The maximum absolute atomic E-state index is 5.90. The first-order valence-electron chi connectivity index (χ1n) is 6.78. The highest BCUT2D eigenvalue weighted by molar-refractivity contribution is 5.44. The number of aromatic amines is 1. The molecular weight excluding hydrogens is 238 g/mol. The summed E-state index contributed by atoms with van der Waals surface area (Å²) in [7, 11) is 0. The summed E-state index contributed by atoms with van der Waals surface area (Å²) in [5.41, 5.74) is 4.73. The third-order valence-electron chi connectivity index (χ3n) is 3.06. The number of H-pyrrole nitrogens is 1. The van der Waals surface area contributed by atoms with Crippen molar-refractivity contribution in [3.05, 3.63) is 40.7 Å². The lowest BCUT2D eigenvalue weighted by Gasteiger charge is -2.14. The fourth-order valence-electron chi connectivity index (χ4n) is 2.25. The molecule has 0 atom stereocenters. The van der Waals surface area contributed by atoms with Gasteiger partial charge in [-0.2, -0.15) is 15.4 Å². The molecule has 2 rings (SSSR count).